The maximum absolute atomic E-state index is 8.28. The number of rotatable bonds is 3. The molecule has 1 aromatic carbocycles. The van der Waals surface area contributed by atoms with Crippen molar-refractivity contribution in [1.29, 1.82) is 0 Å². The van der Waals surface area contributed by atoms with Crippen molar-refractivity contribution in [3.8, 4) is 0 Å². The number of nitrogens with zero attached hydrogens (tertiary/aromatic N) is 3. The van der Waals surface area contributed by atoms with Crippen LogP contribution in [0.4, 0.5) is 0 Å². The van der Waals surface area contributed by atoms with Crippen molar-refractivity contribution >= 4 is 5.57 Å². The van der Waals surface area contributed by atoms with Gasteiger partial charge in [0, 0.05) is 4.91 Å². The molecule has 0 N–H and O–H groups in total. The zero-order valence-electron chi connectivity index (χ0n) is 8.44. The zero-order chi connectivity index (χ0) is 10.4. The largest absolute Gasteiger partial charge is 0.0893 e. The van der Waals surface area contributed by atoms with Crippen molar-refractivity contribution in [2.45, 2.75) is 13.8 Å². The van der Waals surface area contributed by atoms with Crippen molar-refractivity contribution in [2.75, 3.05) is 6.54 Å². The highest BCUT2D eigenvalue weighted by Gasteiger charge is 2.00. The van der Waals surface area contributed by atoms with Gasteiger partial charge in [0.15, 0.2) is 0 Å². The zero-order valence-corrected chi connectivity index (χ0v) is 8.44. The quantitative estimate of drug-likeness (QED) is 0.392. The summed E-state index contributed by atoms with van der Waals surface area (Å²) in [4.78, 5) is 2.77. The van der Waals surface area contributed by atoms with Gasteiger partial charge in [0.05, 0.1) is 6.54 Å². The van der Waals surface area contributed by atoms with E-state index >= 15 is 0 Å². The Hall–Kier alpha value is -1.73. The van der Waals surface area contributed by atoms with Gasteiger partial charge in [-0.1, -0.05) is 41.0 Å². The van der Waals surface area contributed by atoms with E-state index in [0.717, 1.165) is 11.1 Å². The van der Waals surface area contributed by atoms with Crippen LogP contribution >= 0.6 is 0 Å². The second-order valence-electron chi connectivity index (χ2n) is 3.23. The van der Waals surface area contributed by atoms with Gasteiger partial charge in [-0.15, -0.1) is 0 Å². The molecule has 0 saturated carbocycles. The average Bonchev–Trinajstić information content (AvgIpc) is 2.19. The monoisotopic (exact) mass is 187 g/mol. The van der Waals surface area contributed by atoms with Crippen molar-refractivity contribution in [3.63, 3.8) is 0 Å². The summed E-state index contributed by atoms with van der Waals surface area (Å²) < 4.78 is 0. The summed E-state index contributed by atoms with van der Waals surface area (Å²) in [6, 6.07) is 9.98. The molecule has 0 saturated heterocycles. The summed E-state index contributed by atoms with van der Waals surface area (Å²) in [5.74, 6) is 0. The lowest BCUT2D eigenvalue weighted by Crippen LogP contribution is -1.90. The first-order valence-electron chi connectivity index (χ1n) is 4.48. The molecular weight excluding hydrogens is 174 g/mol. The summed E-state index contributed by atoms with van der Waals surface area (Å²) >= 11 is 0. The Balaban J connectivity index is 3.02. The highest BCUT2D eigenvalue weighted by atomic mass is 15.1. The highest BCUT2D eigenvalue weighted by Crippen LogP contribution is 2.18. The minimum Gasteiger partial charge on any atom is -0.0893 e. The molecule has 0 fully saturated rings. The number of allylic oxidation sites excluding steroid dienone is 1. The third-order valence-corrected chi connectivity index (χ3v) is 2.02. The van der Waals surface area contributed by atoms with Gasteiger partial charge >= 0.3 is 0 Å². The Morgan fingerprint density at radius 3 is 2.43 bits per heavy atom. The molecule has 0 aromatic heterocycles. The van der Waals surface area contributed by atoms with Crippen LogP contribution in [-0.4, -0.2) is 6.54 Å². The first-order chi connectivity index (χ1) is 6.75. The van der Waals surface area contributed by atoms with Crippen LogP contribution in [0.25, 0.3) is 16.0 Å². The third-order valence-electron chi connectivity index (χ3n) is 2.02. The number of benzene rings is 1. The summed E-state index contributed by atoms with van der Waals surface area (Å²) in [7, 11) is 0. The molecule has 1 rings (SSSR count). The number of hydrogen-bond acceptors (Lipinski definition) is 1. The Morgan fingerprint density at radius 2 is 1.93 bits per heavy atom. The van der Waals surface area contributed by atoms with Crippen LogP contribution in [0.15, 0.2) is 41.0 Å². The minimum atomic E-state index is 0.419. The van der Waals surface area contributed by atoms with Gasteiger partial charge in [0.1, 0.15) is 0 Å². The van der Waals surface area contributed by atoms with Gasteiger partial charge in [0.2, 0.25) is 0 Å². The van der Waals surface area contributed by atoms with Gasteiger partial charge in [-0.25, -0.2) is 0 Å². The smallest absolute Gasteiger partial charge is 0.0516 e. The standard InChI is InChI=1S/C11H13N3/c1-9(2)11(8-13-14-12)10-6-4-3-5-7-10/h3-7H,8H2,1-2H3. The normalized spacial score (nSPS) is 9.00. The fourth-order valence-electron chi connectivity index (χ4n) is 1.28. The molecule has 0 atom stereocenters. The van der Waals surface area contributed by atoms with Crippen LogP contribution < -0.4 is 0 Å². The van der Waals surface area contributed by atoms with Crippen LogP contribution in [0.5, 0.6) is 0 Å². The van der Waals surface area contributed by atoms with E-state index in [1.54, 1.807) is 0 Å². The Labute approximate surface area is 83.7 Å². The van der Waals surface area contributed by atoms with E-state index in [-0.39, 0.29) is 0 Å². The fraction of sp³-hybridized carbons (Fsp3) is 0.273. The summed E-state index contributed by atoms with van der Waals surface area (Å²) in [6.45, 7) is 4.47. The molecule has 0 spiro atoms. The molecular formula is C11H13N3. The SMILES string of the molecule is CC(C)=C(CN=[N+]=[N-])c1ccccc1. The highest BCUT2D eigenvalue weighted by molar-refractivity contribution is 5.69. The molecule has 1 aromatic rings. The van der Waals surface area contributed by atoms with Crippen molar-refractivity contribution in [1.82, 2.24) is 0 Å². The molecule has 0 amide bonds. The summed E-state index contributed by atoms with van der Waals surface area (Å²) in [6.07, 6.45) is 0. The molecule has 0 radical (unpaired) electrons. The van der Waals surface area contributed by atoms with Crippen LogP contribution in [-0.2, 0) is 0 Å². The van der Waals surface area contributed by atoms with Gasteiger partial charge in [-0.2, -0.15) is 0 Å². The van der Waals surface area contributed by atoms with Crippen LogP contribution in [0.2, 0.25) is 0 Å². The van der Waals surface area contributed by atoms with E-state index in [1.165, 1.54) is 5.57 Å². The Bertz CT molecular complexity index is 369. The molecule has 3 heteroatoms. The molecule has 0 unspecified atom stereocenters. The number of hydrogen-bond donors (Lipinski definition) is 0. The predicted octanol–water partition coefficient (Wildman–Crippen LogP) is 3.79. The molecule has 0 aliphatic carbocycles. The molecule has 0 aliphatic heterocycles. The van der Waals surface area contributed by atoms with E-state index in [0.29, 0.717) is 6.54 Å². The second-order valence-corrected chi connectivity index (χ2v) is 3.23. The lowest BCUT2D eigenvalue weighted by Gasteiger charge is -2.06. The lowest BCUT2D eigenvalue weighted by atomic mass is 10.0. The molecule has 0 bridgehead atoms. The van der Waals surface area contributed by atoms with Crippen molar-refractivity contribution < 1.29 is 0 Å². The topological polar surface area (TPSA) is 48.8 Å². The van der Waals surface area contributed by atoms with Crippen molar-refractivity contribution in [2.24, 2.45) is 5.11 Å². The molecule has 0 heterocycles. The number of azide groups is 1. The van der Waals surface area contributed by atoms with Gasteiger partial charge < -0.3 is 0 Å². The average molecular weight is 187 g/mol. The summed E-state index contributed by atoms with van der Waals surface area (Å²) in [5.41, 5.74) is 11.7. The Morgan fingerprint density at radius 1 is 1.29 bits per heavy atom. The molecule has 72 valence electrons. The third kappa shape index (κ3) is 2.64. The first kappa shape index (κ1) is 10.4. The van der Waals surface area contributed by atoms with E-state index < -0.39 is 0 Å². The summed E-state index contributed by atoms with van der Waals surface area (Å²) in [5, 5.41) is 3.59. The Kier molecular flexibility index (Phi) is 3.77. The molecule has 3 nitrogen and oxygen atoms in total. The van der Waals surface area contributed by atoms with Gasteiger partial charge in [0.25, 0.3) is 0 Å². The van der Waals surface area contributed by atoms with Crippen LogP contribution in [0.3, 0.4) is 0 Å². The lowest BCUT2D eigenvalue weighted by molar-refractivity contribution is 1.19. The van der Waals surface area contributed by atoms with Crippen molar-refractivity contribution in [3.05, 3.63) is 51.9 Å². The fourth-order valence-corrected chi connectivity index (χ4v) is 1.28. The molecule has 0 aliphatic rings. The van der Waals surface area contributed by atoms with Crippen LogP contribution in [0.1, 0.15) is 19.4 Å². The first-order valence-corrected chi connectivity index (χ1v) is 4.48. The maximum atomic E-state index is 8.28. The van der Waals surface area contributed by atoms with E-state index in [9.17, 15) is 0 Å². The van der Waals surface area contributed by atoms with Gasteiger partial charge in [-0.05, 0) is 30.5 Å². The predicted molar refractivity (Wildman–Crippen MR) is 58.7 cm³/mol. The van der Waals surface area contributed by atoms with E-state index in [2.05, 4.69) is 10.0 Å². The minimum absolute atomic E-state index is 0.419. The maximum Gasteiger partial charge on any atom is 0.0516 e. The second kappa shape index (κ2) is 5.10. The van der Waals surface area contributed by atoms with E-state index in [1.807, 2.05) is 44.2 Å². The van der Waals surface area contributed by atoms with Crippen LogP contribution in [0, 0.1) is 0 Å². The van der Waals surface area contributed by atoms with E-state index in [4.69, 9.17) is 5.53 Å². The molecule has 14 heavy (non-hydrogen) atoms. The van der Waals surface area contributed by atoms with Gasteiger partial charge in [-0.3, -0.25) is 0 Å².